The van der Waals surface area contributed by atoms with Crippen LogP contribution in [0.1, 0.15) is 25.1 Å². The van der Waals surface area contributed by atoms with Crippen molar-refractivity contribution in [1.82, 2.24) is 4.98 Å². The van der Waals surface area contributed by atoms with E-state index >= 15 is 0 Å². The lowest BCUT2D eigenvalue weighted by molar-refractivity contribution is 1.06. The number of nitrogens with zero attached hydrogens (tertiary/aromatic N) is 1. The van der Waals surface area contributed by atoms with Gasteiger partial charge in [-0.15, -0.1) is 0 Å². The Labute approximate surface area is 107 Å². The van der Waals surface area contributed by atoms with E-state index in [2.05, 4.69) is 56.3 Å². The highest BCUT2D eigenvalue weighted by molar-refractivity contribution is 6.05. The molecule has 3 rings (SSSR count). The second-order valence-electron chi connectivity index (χ2n) is 4.70. The van der Waals surface area contributed by atoms with E-state index < -0.39 is 0 Å². The molecule has 1 aromatic heterocycles. The van der Waals surface area contributed by atoms with E-state index in [1.807, 2.05) is 0 Å². The highest BCUT2D eigenvalue weighted by atomic mass is 14.7. The molecule has 0 aliphatic heterocycles. The van der Waals surface area contributed by atoms with Gasteiger partial charge in [0.15, 0.2) is 0 Å². The van der Waals surface area contributed by atoms with Crippen molar-refractivity contribution in [1.29, 1.82) is 0 Å². The number of aromatic nitrogens is 1. The van der Waals surface area contributed by atoms with Gasteiger partial charge in [-0.2, -0.15) is 0 Å². The number of rotatable bonds is 2. The van der Waals surface area contributed by atoms with Gasteiger partial charge in [-0.25, -0.2) is 0 Å². The Bertz CT molecular complexity index is 650. The van der Waals surface area contributed by atoms with E-state index in [0.717, 1.165) is 24.1 Å². The zero-order chi connectivity index (χ0) is 12.5. The Kier molecular flexibility index (Phi) is 2.75. The molecule has 0 saturated heterocycles. The van der Waals surface area contributed by atoms with Crippen LogP contribution in [0.4, 0.5) is 0 Å². The topological polar surface area (TPSA) is 12.9 Å². The van der Waals surface area contributed by atoms with E-state index in [4.69, 9.17) is 4.98 Å². The molecule has 0 unspecified atom stereocenters. The average Bonchev–Trinajstić information content (AvgIpc) is 2.45. The molecule has 0 radical (unpaired) electrons. The number of hydrogen-bond donors (Lipinski definition) is 0. The molecule has 1 heteroatoms. The molecule has 0 amide bonds. The molecule has 90 valence electrons. The summed E-state index contributed by atoms with van der Waals surface area (Å²) in [5.41, 5.74) is 3.68. The SMILES string of the molecule is CCc1ccc2ccc3ccc(CC)nc3c2c1. The Balaban J connectivity index is 2.40. The van der Waals surface area contributed by atoms with Crippen molar-refractivity contribution >= 4 is 21.7 Å². The molecule has 0 atom stereocenters. The lowest BCUT2D eigenvalue weighted by Crippen LogP contribution is -1.89. The van der Waals surface area contributed by atoms with Crippen molar-refractivity contribution in [2.24, 2.45) is 0 Å². The Morgan fingerprint density at radius 3 is 2.33 bits per heavy atom. The summed E-state index contributed by atoms with van der Waals surface area (Å²) in [4.78, 5) is 4.80. The van der Waals surface area contributed by atoms with Crippen LogP contribution in [0.2, 0.25) is 0 Å². The van der Waals surface area contributed by atoms with Crippen molar-refractivity contribution < 1.29 is 0 Å². The van der Waals surface area contributed by atoms with Crippen molar-refractivity contribution in [2.45, 2.75) is 26.7 Å². The third-order valence-electron chi connectivity index (χ3n) is 3.57. The molecule has 0 aliphatic carbocycles. The monoisotopic (exact) mass is 235 g/mol. The van der Waals surface area contributed by atoms with Gasteiger partial charge in [-0.3, -0.25) is 4.98 Å². The molecular weight excluding hydrogens is 218 g/mol. The molecule has 1 heterocycles. The van der Waals surface area contributed by atoms with Gasteiger partial charge >= 0.3 is 0 Å². The summed E-state index contributed by atoms with van der Waals surface area (Å²) in [7, 11) is 0. The highest BCUT2D eigenvalue weighted by Crippen LogP contribution is 2.25. The van der Waals surface area contributed by atoms with E-state index in [1.165, 1.54) is 21.7 Å². The minimum Gasteiger partial charge on any atom is -0.252 e. The van der Waals surface area contributed by atoms with E-state index in [1.54, 1.807) is 0 Å². The normalized spacial score (nSPS) is 11.2. The number of pyridine rings is 1. The van der Waals surface area contributed by atoms with Crippen molar-refractivity contribution in [2.75, 3.05) is 0 Å². The molecule has 0 bridgehead atoms. The standard InChI is InChI=1S/C17H17N/c1-3-12-5-6-13-7-8-14-9-10-15(4-2)18-17(14)16(13)11-12/h5-11H,3-4H2,1-2H3. The summed E-state index contributed by atoms with van der Waals surface area (Å²) in [6.07, 6.45) is 2.06. The van der Waals surface area contributed by atoms with Gasteiger partial charge in [-0.05, 0) is 35.9 Å². The van der Waals surface area contributed by atoms with Gasteiger partial charge in [0.2, 0.25) is 0 Å². The second kappa shape index (κ2) is 4.41. The minimum atomic E-state index is 0.986. The van der Waals surface area contributed by atoms with Gasteiger partial charge in [-0.1, -0.05) is 44.2 Å². The van der Waals surface area contributed by atoms with Crippen molar-refractivity contribution in [3.05, 3.63) is 53.7 Å². The van der Waals surface area contributed by atoms with Crippen LogP contribution < -0.4 is 0 Å². The highest BCUT2D eigenvalue weighted by Gasteiger charge is 2.03. The van der Waals surface area contributed by atoms with Crippen molar-refractivity contribution in [3.8, 4) is 0 Å². The predicted molar refractivity (Wildman–Crippen MR) is 78.0 cm³/mol. The van der Waals surface area contributed by atoms with Gasteiger partial charge in [0.1, 0.15) is 0 Å². The van der Waals surface area contributed by atoms with Gasteiger partial charge in [0, 0.05) is 16.5 Å². The van der Waals surface area contributed by atoms with Gasteiger partial charge < -0.3 is 0 Å². The van der Waals surface area contributed by atoms with Crippen LogP contribution in [0.3, 0.4) is 0 Å². The molecule has 0 N–H and O–H groups in total. The van der Waals surface area contributed by atoms with Crippen LogP contribution in [0.15, 0.2) is 42.5 Å². The number of aryl methyl sites for hydroxylation is 2. The van der Waals surface area contributed by atoms with Crippen LogP contribution in [-0.2, 0) is 12.8 Å². The van der Waals surface area contributed by atoms with Crippen molar-refractivity contribution in [3.63, 3.8) is 0 Å². The first-order valence-electron chi connectivity index (χ1n) is 6.63. The van der Waals surface area contributed by atoms with Gasteiger partial charge in [0.05, 0.1) is 5.52 Å². The lowest BCUT2D eigenvalue weighted by atomic mass is 10.0. The molecule has 0 fully saturated rings. The minimum absolute atomic E-state index is 0.986. The van der Waals surface area contributed by atoms with Crippen LogP contribution in [0.25, 0.3) is 21.7 Å². The number of fused-ring (bicyclic) bond motifs is 3. The van der Waals surface area contributed by atoms with Crippen LogP contribution in [0.5, 0.6) is 0 Å². The molecular formula is C17H17N. The first-order chi connectivity index (χ1) is 8.81. The smallest absolute Gasteiger partial charge is 0.0783 e. The zero-order valence-corrected chi connectivity index (χ0v) is 10.9. The van der Waals surface area contributed by atoms with Crippen LogP contribution >= 0.6 is 0 Å². The zero-order valence-electron chi connectivity index (χ0n) is 10.9. The summed E-state index contributed by atoms with van der Waals surface area (Å²) in [5, 5.41) is 3.79. The molecule has 1 nitrogen and oxygen atoms in total. The molecule has 0 saturated carbocycles. The first-order valence-corrected chi connectivity index (χ1v) is 6.63. The predicted octanol–water partition coefficient (Wildman–Crippen LogP) is 4.51. The third kappa shape index (κ3) is 1.76. The Morgan fingerprint density at radius 1 is 0.833 bits per heavy atom. The summed E-state index contributed by atoms with van der Waals surface area (Å²) in [6, 6.07) is 15.3. The maximum atomic E-state index is 4.80. The summed E-state index contributed by atoms with van der Waals surface area (Å²) < 4.78 is 0. The van der Waals surface area contributed by atoms with E-state index in [0.29, 0.717) is 0 Å². The maximum absolute atomic E-state index is 4.80. The van der Waals surface area contributed by atoms with E-state index in [-0.39, 0.29) is 0 Å². The molecule has 18 heavy (non-hydrogen) atoms. The quantitative estimate of drug-likeness (QED) is 0.595. The summed E-state index contributed by atoms with van der Waals surface area (Å²) in [5.74, 6) is 0. The fourth-order valence-corrected chi connectivity index (χ4v) is 2.41. The number of benzene rings is 2. The summed E-state index contributed by atoms with van der Waals surface area (Å²) >= 11 is 0. The maximum Gasteiger partial charge on any atom is 0.0783 e. The van der Waals surface area contributed by atoms with Crippen LogP contribution in [0, 0.1) is 0 Å². The Morgan fingerprint density at radius 2 is 1.56 bits per heavy atom. The molecule has 2 aromatic carbocycles. The summed E-state index contributed by atoms with van der Waals surface area (Å²) in [6.45, 7) is 4.34. The fourth-order valence-electron chi connectivity index (χ4n) is 2.41. The average molecular weight is 235 g/mol. The van der Waals surface area contributed by atoms with E-state index in [9.17, 15) is 0 Å². The number of hydrogen-bond acceptors (Lipinski definition) is 1. The second-order valence-corrected chi connectivity index (χ2v) is 4.70. The lowest BCUT2D eigenvalue weighted by Gasteiger charge is -2.06. The van der Waals surface area contributed by atoms with Crippen LogP contribution in [-0.4, -0.2) is 4.98 Å². The van der Waals surface area contributed by atoms with Gasteiger partial charge in [0.25, 0.3) is 0 Å². The first kappa shape index (κ1) is 11.2. The molecule has 3 aromatic rings. The molecule has 0 spiro atoms. The largest absolute Gasteiger partial charge is 0.252 e. The molecule has 0 aliphatic rings. The fraction of sp³-hybridized carbons (Fsp3) is 0.235. The third-order valence-corrected chi connectivity index (χ3v) is 3.57. The Hall–Kier alpha value is -1.89.